The van der Waals surface area contributed by atoms with Crippen LogP contribution in [0.25, 0.3) is 22.0 Å². The number of aromatic amines is 1. The van der Waals surface area contributed by atoms with Crippen molar-refractivity contribution in [2.24, 2.45) is 0 Å². The molecular weight excluding hydrogens is 459 g/mol. The van der Waals surface area contributed by atoms with Gasteiger partial charge in [0.05, 0.1) is 13.2 Å². The maximum absolute atomic E-state index is 6.27. The summed E-state index contributed by atoms with van der Waals surface area (Å²) in [7, 11) is 0. The van der Waals surface area contributed by atoms with E-state index < -0.39 is 0 Å². The van der Waals surface area contributed by atoms with E-state index >= 15 is 0 Å². The predicted octanol–water partition coefficient (Wildman–Crippen LogP) is 5.53. The Morgan fingerprint density at radius 1 is 1.06 bits per heavy atom. The van der Waals surface area contributed by atoms with Crippen LogP contribution in [0.5, 0.6) is 5.75 Å². The van der Waals surface area contributed by atoms with Gasteiger partial charge in [-0.2, -0.15) is 0 Å². The molecule has 3 N–H and O–H groups in total. The standard InChI is InChI=1S/C25H24Cl2N4O2/c26-21-2-1-3-22(27)20(21)15-33-24-11-17(12-30-25(24)28)16-4-5-23-19(10-16)18(13-29-23)14-31-6-8-32-9-7-31/h1-5,10-13,29H,6-9,14-15H2,(H2,28,30). The fraction of sp³-hybridized carbons (Fsp3) is 0.240. The van der Waals surface area contributed by atoms with Crippen molar-refractivity contribution in [3.8, 4) is 16.9 Å². The van der Waals surface area contributed by atoms with Gasteiger partial charge in [0.15, 0.2) is 11.6 Å². The monoisotopic (exact) mass is 482 g/mol. The van der Waals surface area contributed by atoms with E-state index in [-0.39, 0.29) is 6.61 Å². The van der Waals surface area contributed by atoms with Gasteiger partial charge in [-0.3, -0.25) is 4.90 Å². The van der Waals surface area contributed by atoms with Crippen molar-refractivity contribution < 1.29 is 9.47 Å². The number of anilines is 1. The maximum atomic E-state index is 6.27. The van der Waals surface area contributed by atoms with Crippen LogP contribution in [0.4, 0.5) is 5.82 Å². The quantitative estimate of drug-likeness (QED) is 0.377. The van der Waals surface area contributed by atoms with E-state index in [9.17, 15) is 0 Å². The smallest absolute Gasteiger partial charge is 0.166 e. The molecule has 170 valence electrons. The highest BCUT2D eigenvalue weighted by Crippen LogP contribution is 2.32. The van der Waals surface area contributed by atoms with Gasteiger partial charge in [0, 0.05) is 64.1 Å². The predicted molar refractivity (Wildman–Crippen MR) is 133 cm³/mol. The number of nitrogens with zero attached hydrogens (tertiary/aromatic N) is 2. The second-order valence-electron chi connectivity index (χ2n) is 8.06. The van der Waals surface area contributed by atoms with E-state index in [0.29, 0.717) is 27.2 Å². The molecule has 1 saturated heterocycles. The number of fused-ring (bicyclic) bond motifs is 1. The number of H-pyrrole nitrogens is 1. The van der Waals surface area contributed by atoms with Crippen molar-refractivity contribution >= 4 is 39.9 Å². The maximum Gasteiger partial charge on any atom is 0.166 e. The third-order valence-corrected chi connectivity index (χ3v) is 6.62. The first-order chi connectivity index (χ1) is 16.1. The van der Waals surface area contributed by atoms with Gasteiger partial charge in [-0.15, -0.1) is 0 Å². The minimum atomic E-state index is 0.203. The molecule has 1 fully saturated rings. The average molecular weight is 483 g/mol. The van der Waals surface area contributed by atoms with Crippen LogP contribution < -0.4 is 10.5 Å². The summed E-state index contributed by atoms with van der Waals surface area (Å²) in [4.78, 5) is 10.1. The van der Waals surface area contributed by atoms with Crippen molar-refractivity contribution in [3.05, 3.63) is 76.0 Å². The van der Waals surface area contributed by atoms with Gasteiger partial charge in [0.2, 0.25) is 0 Å². The summed E-state index contributed by atoms with van der Waals surface area (Å²) in [6.45, 7) is 4.56. The molecule has 0 saturated carbocycles. The number of ether oxygens (including phenoxy) is 2. The lowest BCUT2D eigenvalue weighted by atomic mass is 10.0. The van der Waals surface area contributed by atoms with Crippen molar-refractivity contribution in [3.63, 3.8) is 0 Å². The molecule has 0 atom stereocenters. The number of morpholine rings is 1. The number of nitrogens with two attached hydrogens (primary N) is 1. The number of pyridine rings is 1. The Labute approximate surface area is 202 Å². The Hall–Kier alpha value is -2.77. The van der Waals surface area contributed by atoms with Gasteiger partial charge in [-0.05, 0) is 41.5 Å². The number of nitrogen functional groups attached to an aromatic ring is 1. The Balaban J connectivity index is 1.40. The van der Waals surface area contributed by atoms with Gasteiger partial charge in [-0.1, -0.05) is 35.3 Å². The number of benzene rings is 2. The van der Waals surface area contributed by atoms with Gasteiger partial charge in [0.25, 0.3) is 0 Å². The zero-order valence-electron chi connectivity index (χ0n) is 18.0. The Kier molecular flexibility index (Phi) is 6.42. The van der Waals surface area contributed by atoms with Crippen LogP contribution in [0.2, 0.25) is 10.0 Å². The Morgan fingerprint density at radius 2 is 1.85 bits per heavy atom. The topological polar surface area (TPSA) is 76.4 Å². The van der Waals surface area contributed by atoms with Crippen LogP contribution in [0.1, 0.15) is 11.1 Å². The molecular formula is C25H24Cl2N4O2. The first kappa shape index (κ1) is 22.0. The van der Waals surface area contributed by atoms with Gasteiger partial charge in [0.1, 0.15) is 6.61 Å². The number of rotatable bonds is 6. The third-order valence-electron chi connectivity index (χ3n) is 5.91. The summed E-state index contributed by atoms with van der Waals surface area (Å²) in [5, 5.41) is 2.30. The highest BCUT2D eigenvalue weighted by molar-refractivity contribution is 6.35. The lowest BCUT2D eigenvalue weighted by Gasteiger charge is -2.26. The zero-order valence-corrected chi connectivity index (χ0v) is 19.5. The molecule has 2 aromatic heterocycles. The van der Waals surface area contributed by atoms with Crippen molar-refractivity contribution in [1.29, 1.82) is 0 Å². The Bertz CT molecular complexity index is 1260. The lowest BCUT2D eigenvalue weighted by molar-refractivity contribution is 0.0343. The van der Waals surface area contributed by atoms with Crippen LogP contribution in [-0.2, 0) is 17.9 Å². The average Bonchev–Trinajstić information content (AvgIpc) is 3.22. The van der Waals surface area contributed by atoms with Gasteiger partial charge in [-0.25, -0.2) is 4.98 Å². The normalized spacial score (nSPS) is 14.6. The number of hydrogen-bond donors (Lipinski definition) is 2. The van der Waals surface area contributed by atoms with Crippen molar-refractivity contribution in [1.82, 2.24) is 14.9 Å². The molecule has 8 heteroatoms. The number of hydrogen-bond acceptors (Lipinski definition) is 5. The molecule has 2 aromatic carbocycles. The molecule has 0 unspecified atom stereocenters. The van der Waals surface area contributed by atoms with Crippen LogP contribution in [0.3, 0.4) is 0 Å². The first-order valence-corrected chi connectivity index (χ1v) is 11.6. The lowest BCUT2D eigenvalue weighted by Crippen LogP contribution is -2.35. The molecule has 0 radical (unpaired) electrons. The molecule has 0 spiro atoms. The molecule has 0 amide bonds. The summed E-state index contributed by atoms with van der Waals surface area (Å²) in [6, 6.07) is 13.6. The summed E-state index contributed by atoms with van der Waals surface area (Å²) in [5.74, 6) is 0.809. The molecule has 5 rings (SSSR count). The van der Waals surface area contributed by atoms with Crippen LogP contribution in [-0.4, -0.2) is 41.2 Å². The van der Waals surface area contributed by atoms with Crippen LogP contribution >= 0.6 is 23.2 Å². The molecule has 33 heavy (non-hydrogen) atoms. The number of aromatic nitrogens is 2. The number of halogens is 2. The van der Waals surface area contributed by atoms with E-state index in [1.54, 1.807) is 24.4 Å². The third kappa shape index (κ3) is 4.80. The van der Waals surface area contributed by atoms with Crippen LogP contribution in [0, 0.1) is 0 Å². The zero-order chi connectivity index (χ0) is 22.8. The second kappa shape index (κ2) is 9.61. The largest absolute Gasteiger partial charge is 0.485 e. The molecule has 1 aliphatic heterocycles. The fourth-order valence-electron chi connectivity index (χ4n) is 4.04. The van der Waals surface area contributed by atoms with E-state index in [2.05, 4.69) is 39.3 Å². The molecule has 3 heterocycles. The van der Waals surface area contributed by atoms with Crippen molar-refractivity contribution in [2.45, 2.75) is 13.2 Å². The highest BCUT2D eigenvalue weighted by atomic mass is 35.5. The number of nitrogens with one attached hydrogen (secondary N) is 1. The minimum Gasteiger partial charge on any atom is -0.485 e. The van der Waals surface area contributed by atoms with E-state index in [4.69, 9.17) is 38.4 Å². The van der Waals surface area contributed by atoms with Crippen LogP contribution in [0.15, 0.2) is 54.9 Å². The highest BCUT2D eigenvalue weighted by Gasteiger charge is 2.15. The van der Waals surface area contributed by atoms with E-state index in [1.807, 2.05) is 6.07 Å². The fourth-order valence-corrected chi connectivity index (χ4v) is 4.54. The first-order valence-electron chi connectivity index (χ1n) is 10.8. The molecule has 0 bridgehead atoms. The molecule has 1 aliphatic rings. The summed E-state index contributed by atoms with van der Waals surface area (Å²) >= 11 is 12.5. The summed E-state index contributed by atoms with van der Waals surface area (Å²) in [5.41, 5.74) is 11.1. The second-order valence-corrected chi connectivity index (χ2v) is 8.87. The van der Waals surface area contributed by atoms with E-state index in [0.717, 1.165) is 49.5 Å². The molecule has 0 aliphatic carbocycles. The molecule has 4 aromatic rings. The van der Waals surface area contributed by atoms with Gasteiger partial charge >= 0.3 is 0 Å². The summed E-state index contributed by atoms with van der Waals surface area (Å²) in [6.07, 6.45) is 3.85. The SMILES string of the molecule is Nc1ncc(-c2ccc3[nH]cc(CN4CCOCC4)c3c2)cc1OCc1c(Cl)cccc1Cl. The molecule has 6 nitrogen and oxygen atoms in total. The van der Waals surface area contributed by atoms with E-state index in [1.165, 1.54) is 10.9 Å². The van der Waals surface area contributed by atoms with Gasteiger partial charge < -0.3 is 20.2 Å². The minimum absolute atomic E-state index is 0.203. The Morgan fingerprint density at radius 3 is 2.64 bits per heavy atom. The van der Waals surface area contributed by atoms with Crippen molar-refractivity contribution in [2.75, 3.05) is 32.0 Å². The summed E-state index contributed by atoms with van der Waals surface area (Å²) < 4.78 is 11.4.